The molecule has 1 aromatic carbocycles. The van der Waals surface area contributed by atoms with Gasteiger partial charge in [-0.2, -0.15) is 0 Å². The molecule has 21 heavy (non-hydrogen) atoms. The molecule has 0 bridgehead atoms. The van der Waals surface area contributed by atoms with Crippen molar-refractivity contribution in [3.63, 3.8) is 0 Å². The maximum absolute atomic E-state index is 12.1. The molecule has 0 radical (unpaired) electrons. The predicted octanol–water partition coefficient (Wildman–Crippen LogP) is 1.60. The summed E-state index contributed by atoms with van der Waals surface area (Å²) in [5, 5.41) is 13.9. The summed E-state index contributed by atoms with van der Waals surface area (Å²) in [7, 11) is -3.74. The van der Waals surface area contributed by atoms with Crippen molar-refractivity contribution < 1.29 is 13.3 Å². The molecule has 1 atom stereocenters. The molecule has 9 heteroatoms. The minimum absolute atomic E-state index is 0. The van der Waals surface area contributed by atoms with Gasteiger partial charge in [0, 0.05) is 24.2 Å². The van der Waals surface area contributed by atoms with Gasteiger partial charge in [0.25, 0.3) is 5.69 Å². The van der Waals surface area contributed by atoms with E-state index in [9.17, 15) is 18.5 Å². The number of rotatable bonds is 7. The number of benzene rings is 1. The standard InChI is InChI=1S/C12H19N3O4S.ClH/c1-4-13-10(3)8-14-20(18,19)11-6-5-9(2)12(7-11)15(16)17;/h5-7,10,13-14H,4,8H2,1-3H3;1H/t10-;/m1./s1. The second-order valence-electron chi connectivity index (χ2n) is 4.52. The van der Waals surface area contributed by atoms with Crippen LogP contribution in [-0.2, 0) is 10.0 Å². The van der Waals surface area contributed by atoms with Gasteiger partial charge in [0.2, 0.25) is 10.0 Å². The molecule has 0 fully saturated rings. The maximum Gasteiger partial charge on any atom is 0.273 e. The number of likely N-dealkylation sites (N-methyl/N-ethyl adjacent to an activating group) is 1. The summed E-state index contributed by atoms with van der Waals surface area (Å²) in [6.45, 7) is 6.30. The molecule has 0 aliphatic rings. The highest BCUT2D eigenvalue weighted by Gasteiger charge is 2.20. The second kappa shape index (κ2) is 8.28. The van der Waals surface area contributed by atoms with Crippen molar-refractivity contribution in [2.45, 2.75) is 31.7 Å². The van der Waals surface area contributed by atoms with E-state index in [2.05, 4.69) is 10.0 Å². The summed E-state index contributed by atoms with van der Waals surface area (Å²) in [5.74, 6) is 0. The lowest BCUT2D eigenvalue weighted by Crippen LogP contribution is -2.38. The molecule has 0 saturated carbocycles. The third-order valence-corrected chi connectivity index (χ3v) is 4.24. The van der Waals surface area contributed by atoms with E-state index in [1.807, 2.05) is 13.8 Å². The van der Waals surface area contributed by atoms with Crippen LogP contribution in [0.4, 0.5) is 5.69 Å². The molecule has 0 aromatic heterocycles. The Morgan fingerprint density at radius 3 is 2.52 bits per heavy atom. The van der Waals surface area contributed by atoms with Crippen LogP contribution in [0.5, 0.6) is 0 Å². The SMILES string of the molecule is CCN[C@H](C)CNS(=O)(=O)c1ccc(C)c([N+](=O)[O-])c1.Cl. The summed E-state index contributed by atoms with van der Waals surface area (Å²) in [6, 6.07) is 3.86. The third kappa shape index (κ3) is 5.58. The fourth-order valence-electron chi connectivity index (χ4n) is 1.69. The number of nitro groups is 1. The van der Waals surface area contributed by atoms with Crippen LogP contribution in [0.1, 0.15) is 19.4 Å². The molecule has 1 aromatic rings. The van der Waals surface area contributed by atoms with Gasteiger partial charge in [-0.15, -0.1) is 12.4 Å². The highest BCUT2D eigenvalue weighted by Crippen LogP contribution is 2.21. The van der Waals surface area contributed by atoms with Gasteiger partial charge in [0.15, 0.2) is 0 Å². The van der Waals surface area contributed by atoms with E-state index < -0.39 is 14.9 Å². The van der Waals surface area contributed by atoms with Gasteiger partial charge >= 0.3 is 0 Å². The zero-order chi connectivity index (χ0) is 15.3. The molecular weight excluding hydrogens is 318 g/mol. The van der Waals surface area contributed by atoms with Crippen molar-refractivity contribution >= 4 is 28.1 Å². The molecular formula is C12H20ClN3O4S. The average molecular weight is 338 g/mol. The molecule has 2 N–H and O–H groups in total. The molecule has 0 unspecified atom stereocenters. The second-order valence-corrected chi connectivity index (χ2v) is 6.28. The molecule has 120 valence electrons. The zero-order valence-corrected chi connectivity index (χ0v) is 13.8. The van der Waals surface area contributed by atoms with Crippen molar-refractivity contribution in [2.24, 2.45) is 0 Å². The highest BCUT2D eigenvalue weighted by molar-refractivity contribution is 7.89. The Labute approximate surface area is 130 Å². The number of hydrogen-bond donors (Lipinski definition) is 2. The number of aryl methyl sites for hydroxylation is 1. The number of halogens is 1. The summed E-state index contributed by atoms with van der Waals surface area (Å²) >= 11 is 0. The fraction of sp³-hybridized carbons (Fsp3) is 0.500. The third-order valence-electron chi connectivity index (χ3n) is 2.82. The van der Waals surface area contributed by atoms with E-state index in [1.165, 1.54) is 12.1 Å². The lowest BCUT2D eigenvalue weighted by Gasteiger charge is -2.13. The van der Waals surface area contributed by atoms with Gasteiger partial charge in [0.05, 0.1) is 9.82 Å². The van der Waals surface area contributed by atoms with Crippen LogP contribution in [0.25, 0.3) is 0 Å². The highest BCUT2D eigenvalue weighted by atomic mass is 35.5. The van der Waals surface area contributed by atoms with E-state index in [4.69, 9.17) is 0 Å². The predicted molar refractivity (Wildman–Crippen MR) is 83.4 cm³/mol. The first-order valence-electron chi connectivity index (χ1n) is 6.26. The van der Waals surface area contributed by atoms with Crippen molar-refractivity contribution in [3.8, 4) is 0 Å². The largest absolute Gasteiger partial charge is 0.313 e. The van der Waals surface area contributed by atoms with Crippen molar-refractivity contribution in [2.75, 3.05) is 13.1 Å². The topological polar surface area (TPSA) is 101 Å². The minimum Gasteiger partial charge on any atom is -0.313 e. The molecule has 1 rings (SSSR count). The Balaban J connectivity index is 0.00000400. The minimum atomic E-state index is -3.74. The molecule has 0 heterocycles. The summed E-state index contributed by atoms with van der Waals surface area (Å²) < 4.78 is 26.6. The number of sulfonamides is 1. The lowest BCUT2D eigenvalue weighted by molar-refractivity contribution is -0.385. The normalized spacial score (nSPS) is 12.5. The van der Waals surface area contributed by atoms with Gasteiger partial charge in [-0.3, -0.25) is 10.1 Å². The number of nitrogens with one attached hydrogen (secondary N) is 2. The number of hydrogen-bond acceptors (Lipinski definition) is 5. The molecule has 0 saturated heterocycles. The molecule has 0 amide bonds. The van der Waals surface area contributed by atoms with Gasteiger partial charge in [-0.05, 0) is 26.5 Å². The first kappa shape index (κ1) is 19.8. The van der Waals surface area contributed by atoms with Crippen LogP contribution >= 0.6 is 12.4 Å². The van der Waals surface area contributed by atoms with Gasteiger partial charge in [-0.1, -0.05) is 13.0 Å². The van der Waals surface area contributed by atoms with E-state index in [0.29, 0.717) is 5.56 Å². The lowest BCUT2D eigenvalue weighted by atomic mass is 10.2. The van der Waals surface area contributed by atoms with Crippen LogP contribution in [0, 0.1) is 17.0 Å². The van der Waals surface area contributed by atoms with Crippen molar-refractivity contribution in [3.05, 3.63) is 33.9 Å². The number of nitro benzene ring substituents is 1. The van der Waals surface area contributed by atoms with Crippen LogP contribution < -0.4 is 10.0 Å². The Kier molecular flexibility index (Phi) is 7.80. The van der Waals surface area contributed by atoms with E-state index >= 15 is 0 Å². The molecule has 7 nitrogen and oxygen atoms in total. The van der Waals surface area contributed by atoms with Gasteiger partial charge in [-0.25, -0.2) is 13.1 Å². The van der Waals surface area contributed by atoms with Crippen LogP contribution in [-0.4, -0.2) is 32.5 Å². The Morgan fingerprint density at radius 2 is 2.00 bits per heavy atom. The first-order chi connectivity index (χ1) is 9.27. The first-order valence-corrected chi connectivity index (χ1v) is 7.74. The number of nitrogens with zero attached hydrogens (tertiary/aromatic N) is 1. The van der Waals surface area contributed by atoms with Crippen molar-refractivity contribution in [1.29, 1.82) is 0 Å². The summed E-state index contributed by atoms with van der Waals surface area (Å²) in [6.07, 6.45) is 0. The van der Waals surface area contributed by atoms with E-state index in [1.54, 1.807) is 6.92 Å². The van der Waals surface area contributed by atoms with Crippen LogP contribution in [0.2, 0.25) is 0 Å². The zero-order valence-electron chi connectivity index (χ0n) is 12.1. The van der Waals surface area contributed by atoms with E-state index in [-0.39, 0.29) is 35.6 Å². The molecule has 0 spiro atoms. The summed E-state index contributed by atoms with van der Waals surface area (Å²) in [4.78, 5) is 10.1. The summed E-state index contributed by atoms with van der Waals surface area (Å²) in [5.41, 5.74) is 0.225. The Bertz CT molecular complexity index is 592. The molecule has 0 aliphatic carbocycles. The van der Waals surface area contributed by atoms with Gasteiger partial charge < -0.3 is 5.32 Å². The smallest absolute Gasteiger partial charge is 0.273 e. The van der Waals surface area contributed by atoms with Crippen LogP contribution in [0.3, 0.4) is 0 Å². The van der Waals surface area contributed by atoms with Crippen LogP contribution in [0.15, 0.2) is 23.1 Å². The van der Waals surface area contributed by atoms with Crippen molar-refractivity contribution in [1.82, 2.24) is 10.0 Å². The maximum atomic E-state index is 12.1. The average Bonchev–Trinajstić information content (AvgIpc) is 2.37. The quantitative estimate of drug-likeness (QED) is 0.581. The fourth-order valence-corrected chi connectivity index (χ4v) is 2.84. The van der Waals surface area contributed by atoms with Gasteiger partial charge in [0.1, 0.15) is 0 Å². The van der Waals surface area contributed by atoms with E-state index in [0.717, 1.165) is 12.6 Å². The Morgan fingerprint density at radius 1 is 1.38 bits per heavy atom. The monoisotopic (exact) mass is 337 g/mol. The molecule has 0 aliphatic heterocycles. The Hall–Kier alpha value is -1.22.